The molecule has 3 rings (SSSR count). The molecule has 120 valence electrons. The van der Waals surface area contributed by atoms with Gasteiger partial charge >= 0.3 is 7.12 Å². The molecular weight excluding hydrogens is 293 g/mol. The number of aromatic nitrogens is 3. The van der Waals surface area contributed by atoms with Crippen LogP contribution in [-0.4, -0.2) is 39.4 Å². The van der Waals surface area contributed by atoms with Crippen LogP contribution < -0.4 is 5.46 Å². The van der Waals surface area contributed by atoms with Crippen LogP contribution >= 0.6 is 0 Å². The smallest absolute Gasteiger partial charge is 0.399 e. The van der Waals surface area contributed by atoms with E-state index >= 15 is 0 Å². The topological polar surface area (TPSA) is 66.2 Å². The maximum Gasteiger partial charge on any atom is 0.498 e. The van der Waals surface area contributed by atoms with E-state index in [1.165, 1.54) is 0 Å². The summed E-state index contributed by atoms with van der Waals surface area (Å²) in [5.74, 6) is 0. The monoisotopic (exact) mass is 313 g/mol. The van der Waals surface area contributed by atoms with Crippen molar-refractivity contribution < 1.29 is 14.1 Å². The predicted molar refractivity (Wildman–Crippen MR) is 87.2 cm³/mol. The van der Waals surface area contributed by atoms with Crippen LogP contribution in [0.2, 0.25) is 0 Å². The lowest BCUT2D eigenvalue weighted by atomic mass is 9.82. The SMILES string of the molecule is Cc1nc(C=O)ccc1-n1cc(B2OC(C)(C)C(C)(C)O2)cn1. The minimum absolute atomic E-state index is 0.386. The molecule has 3 heterocycles. The predicted octanol–water partition coefficient (Wildman–Crippen LogP) is 1.69. The Hall–Kier alpha value is -1.99. The molecule has 0 atom stereocenters. The van der Waals surface area contributed by atoms with Crippen LogP contribution in [0.5, 0.6) is 0 Å². The Balaban J connectivity index is 1.89. The Morgan fingerprint density at radius 2 is 1.83 bits per heavy atom. The lowest BCUT2D eigenvalue weighted by Crippen LogP contribution is -2.41. The van der Waals surface area contributed by atoms with Gasteiger partial charge in [-0.15, -0.1) is 0 Å². The molecule has 0 unspecified atom stereocenters. The number of nitrogens with zero attached hydrogens (tertiary/aromatic N) is 3. The second kappa shape index (κ2) is 5.28. The van der Waals surface area contributed by atoms with E-state index in [9.17, 15) is 4.79 Å². The molecule has 2 aromatic rings. The van der Waals surface area contributed by atoms with Crippen molar-refractivity contribution in [1.82, 2.24) is 14.8 Å². The first-order chi connectivity index (χ1) is 10.7. The van der Waals surface area contributed by atoms with E-state index in [0.29, 0.717) is 5.69 Å². The number of rotatable bonds is 3. The van der Waals surface area contributed by atoms with Gasteiger partial charge in [-0.1, -0.05) is 0 Å². The quantitative estimate of drug-likeness (QED) is 0.637. The Bertz CT molecular complexity index is 739. The Kier molecular flexibility index (Phi) is 3.65. The van der Waals surface area contributed by atoms with Crippen molar-refractivity contribution in [1.29, 1.82) is 0 Å². The molecule has 1 aliphatic heterocycles. The second-order valence-electron chi connectivity index (χ2n) is 6.76. The molecule has 0 radical (unpaired) electrons. The molecule has 2 aromatic heterocycles. The molecule has 0 aliphatic carbocycles. The number of pyridine rings is 1. The van der Waals surface area contributed by atoms with Crippen LogP contribution in [0, 0.1) is 6.92 Å². The Morgan fingerprint density at radius 3 is 2.39 bits per heavy atom. The van der Waals surface area contributed by atoms with Crippen LogP contribution in [0.3, 0.4) is 0 Å². The lowest BCUT2D eigenvalue weighted by molar-refractivity contribution is 0.00578. The number of aldehydes is 1. The number of carbonyl (C=O) groups excluding carboxylic acids is 1. The van der Waals surface area contributed by atoms with Crippen LogP contribution in [0.1, 0.15) is 43.9 Å². The van der Waals surface area contributed by atoms with Crippen molar-refractivity contribution >= 4 is 18.9 Å². The summed E-state index contributed by atoms with van der Waals surface area (Å²) in [6.07, 6.45) is 4.33. The van der Waals surface area contributed by atoms with E-state index < -0.39 is 7.12 Å². The minimum Gasteiger partial charge on any atom is -0.399 e. The molecule has 0 bridgehead atoms. The van der Waals surface area contributed by atoms with Crippen molar-refractivity contribution in [2.45, 2.75) is 45.8 Å². The van der Waals surface area contributed by atoms with Gasteiger partial charge in [-0.2, -0.15) is 5.10 Å². The molecule has 1 fully saturated rings. The van der Waals surface area contributed by atoms with E-state index in [4.69, 9.17) is 9.31 Å². The minimum atomic E-state index is -0.448. The number of hydrogen-bond acceptors (Lipinski definition) is 5. The molecule has 7 heteroatoms. The fraction of sp³-hybridized carbons (Fsp3) is 0.438. The van der Waals surface area contributed by atoms with Gasteiger partial charge in [0.1, 0.15) is 5.69 Å². The van der Waals surface area contributed by atoms with Gasteiger partial charge in [-0.05, 0) is 46.8 Å². The highest BCUT2D eigenvalue weighted by Crippen LogP contribution is 2.36. The molecule has 0 N–H and O–H groups in total. The molecule has 1 aliphatic rings. The summed E-state index contributed by atoms with van der Waals surface area (Å²) in [4.78, 5) is 15.0. The van der Waals surface area contributed by atoms with E-state index in [-0.39, 0.29) is 11.2 Å². The highest BCUT2D eigenvalue weighted by Gasteiger charge is 2.52. The van der Waals surface area contributed by atoms with Gasteiger partial charge in [0.2, 0.25) is 0 Å². The summed E-state index contributed by atoms with van der Waals surface area (Å²) in [5.41, 5.74) is 2.04. The zero-order valence-corrected chi connectivity index (χ0v) is 14.0. The van der Waals surface area contributed by atoms with E-state index in [0.717, 1.165) is 23.1 Å². The van der Waals surface area contributed by atoms with Crippen LogP contribution in [0.4, 0.5) is 0 Å². The zero-order chi connectivity index (χ0) is 16.8. The average molecular weight is 313 g/mol. The maximum atomic E-state index is 10.8. The molecule has 0 saturated carbocycles. The zero-order valence-electron chi connectivity index (χ0n) is 14.0. The average Bonchev–Trinajstić information content (AvgIpc) is 3.02. The van der Waals surface area contributed by atoms with Crippen LogP contribution in [0.25, 0.3) is 5.69 Å². The van der Waals surface area contributed by atoms with Crippen LogP contribution in [-0.2, 0) is 9.31 Å². The van der Waals surface area contributed by atoms with E-state index in [2.05, 4.69) is 10.1 Å². The molecule has 1 saturated heterocycles. The van der Waals surface area contributed by atoms with Gasteiger partial charge in [0.15, 0.2) is 6.29 Å². The fourth-order valence-electron chi connectivity index (χ4n) is 2.45. The van der Waals surface area contributed by atoms with Crippen molar-refractivity contribution in [3.05, 3.63) is 35.9 Å². The van der Waals surface area contributed by atoms with E-state index in [1.54, 1.807) is 16.9 Å². The summed E-state index contributed by atoms with van der Waals surface area (Å²) >= 11 is 0. The van der Waals surface area contributed by atoms with Crippen molar-refractivity contribution in [2.75, 3.05) is 0 Å². The summed E-state index contributed by atoms with van der Waals surface area (Å²) in [6.45, 7) is 9.92. The molecule has 23 heavy (non-hydrogen) atoms. The highest BCUT2D eigenvalue weighted by molar-refractivity contribution is 6.62. The first-order valence-electron chi connectivity index (χ1n) is 7.57. The fourth-order valence-corrected chi connectivity index (χ4v) is 2.45. The molecule has 0 spiro atoms. The van der Waals surface area contributed by atoms with Crippen molar-refractivity contribution in [3.8, 4) is 5.69 Å². The number of aryl methyl sites for hydroxylation is 1. The van der Waals surface area contributed by atoms with Gasteiger partial charge < -0.3 is 9.31 Å². The van der Waals surface area contributed by atoms with Gasteiger partial charge in [0.25, 0.3) is 0 Å². The first kappa shape index (κ1) is 15.9. The van der Waals surface area contributed by atoms with Crippen LogP contribution in [0.15, 0.2) is 24.5 Å². The molecule has 6 nitrogen and oxygen atoms in total. The van der Waals surface area contributed by atoms with Gasteiger partial charge in [-0.3, -0.25) is 4.79 Å². The number of carbonyl (C=O) groups is 1. The molecule has 0 aromatic carbocycles. The third kappa shape index (κ3) is 2.70. The summed E-state index contributed by atoms with van der Waals surface area (Å²) < 4.78 is 13.8. The third-order valence-corrected chi connectivity index (χ3v) is 4.58. The normalized spacial score (nSPS) is 19.1. The van der Waals surface area contributed by atoms with Gasteiger partial charge in [0.05, 0.1) is 22.6 Å². The first-order valence-corrected chi connectivity index (χ1v) is 7.57. The van der Waals surface area contributed by atoms with Crippen molar-refractivity contribution in [3.63, 3.8) is 0 Å². The van der Waals surface area contributed by atoms with Gasteiger partial charge in [-0.25, -0.2) is 9.67 Å². The molecular formula is C16H20BN3O3. The van der Waals surface area contributed by atoms with Gasteiger partial charge in [0, 0.05) is 17.9 Å². The maximum absolute atomic E-state index is 10.8. The number of hydrogen-bond donors (Lipinski definition) is 0. The molecule has 0 amide bonds. The summed E-state index contributed by atoms with van der Waals surface area (Å²) in [5, 5.41) is 4.37. The summed E-state index contributed by atoms with van der Waals surface area (Å²) in [6, 6.07) is 3.50. The standard InChI is InChI=1S/C16H20BN3O3/c1-11-14(7-6-13(10-21)19-11)20-9-12(8-18-20)17-22-15(2,3)16(4,5)23-17/h6-10H,1-5H3. The largest absolute Gasteiger partial charge is 0.498 e. The Morgan fingerprint density at radius 1 is 1.17 bits per heavy atom. The second-order valence-corrected chi connectivity index (χ2v) is 6.76. The summed E-state index contributed by atoms with van der Waals surface area (Å²) in [7, 11) is -0.448. The highest BCUT2D eigenvalue weighted by atomic mass is 16.7. The Labute approximate surface area is 136 Å². The van der Waals surface area contributed by atoms with Crippen molar-refractivity contribution in [2.24, 2.45) is 0 Å². The third-order valence-electron chi connectivity index (χ3n) is 4.58. The van der Waals surface area contributed by atoms with E-state index in [1.807, 2.05) is 46.9 Å². The lowest BCUT2D eigenvalue weighted by Gasteiger charge is -2.32.